The molecular formula is C17H27N3O4S2. The number of hydrogen-bond acceptors (Lipinski definition) is 6. The van der Waals surface area contributed by atoms with E-state index in [4.69, 9.17) is 4.74 Å². The van der Waals surface area contributed by atoms with Crippen LogP contribution < -0.4 is 5.32 Å². The minimum atomic E-state index is -3.53. The highest BCUT2D eigenvalue weighted by atomic mass is 32.2. The summed E-state index contributed by atoms with van der Waals surface area (Å²) in [4.78, 5) is 16.1. The zero-order valence-electron chi connectivity index (χ0n) is 15.3. The first-order valence-corrected chi connectivity index (χ1v) is 11.2. The summed E-state index contributed by atoms with van der Waals surface area (Å²) in [5.74, 6) is 0.118. The Morgan fingerprint density at radius 1 is 1.35 bits per heavy atom. The maximum Gasteiger partial charge on any atom is 0.244 e. The van der Waals surface area contributed by atoms with Gasteiger partial charge in [0.25, 0.3) is 0 Å². The number of methoxy groups -OCH3 is 1. The number of ether oxygens (including phenoxy) is 1. The summed E-state index contributed by atoms with van der Waals surface area (Å²) in [6.07, 6.45) is 6.52. The molecule has 0 aliphatic heterocycles. The van der Waals surface area contributed by atoms with Crippen molar-refractivity contribution < 1.29 is 17.9 Å². The van der Waals surface area contributed by atoms with Crippen molar-refractivity contribution in [2.45, 2.75) is 48.1 Å². The van der Waals surface area contributed by atoms with Crippen LogP contribution in [0.25, 0.3) is 0 Å². The molecule has 1 amide bonds. The topological polar surface area (TPSA) is 88.6 Å². The van der Waals surface area contributed by atoms with Crippen LogP contribution in [0.1, 0.15) is 32.1 Å². The lowest BCUT2D eigenvalue weighted by Crippen LogP contribution is -2.38. The van der Waals surface area contributed by atoms with E-state index in [1.807, 2.05) is 0 Å². The zero-order chi connectivity index (χ0) is 19.0. The Morgan fingerprint density at radius 2 is 2.08 bits per heavy atom. The molecule has 0 aromatic carbocycles. The molecule has 0 atom stereocenters. The smallest absolute Gasteiger partial charge is 0.244 e. The molecule has 1 aliphatic rings. The molecule has 0 bridgehead atoms. The number of aromatic nitrogens is 1. The summed E-state index contributed by atoms with van der Waals surface area (Å²) in [5.41, 5.74) is 0. The van der Waals surface area contributed by atoms with E-state index in [1.54, 1.807) is 26.3 Å². The minimum Gasteiger partial charge on any atom is -0.383 e. The lowest BCUT2D eigenvalue weighted by atomic mass is 9.96. The summed E-state index contributed by atoms with van der Waals surface area (Å²) >= 11 is 1.27. The van der Waals surface area contributed by atoms with Gasteiger partial charge in [-0.25, -0.2) is 13.4 Å². The summed E-state index contributed by atoms with van der Waals surface area (Å²) < 4.78 is 31.9. The van der Waals surface area contributed by atoms with Gasteiger partial charge in [-0.3, -0.25) is 4.79 Å². The molecule has 26 heavy (non-hydrogen) atoms. The summed E-state index contributed by atoms with van der Waals surface area (Å²) in [6.45, 7) is 0.934. The fourth-order valence-electron chi connectivity index (χ4n) is 2.89. The SMILES string of the molecule is COCCNC(=O)CSc1ccc(S(=O)(=O)N(C)C2CCCCC2)cn1. The van der Waals surface area contributed by atoms with E-state index < -0.39 is 10.0 Å². The Morgan fingerprint density at radius 3 is 2.69 bits per heavy atom. The second-order valence-corrected chi connectivity index (χ2v) is 9.27. The number of carbonyl (C=O) groups excluding carboxylic acids is 1. The summed E-state index contributed by atoms with van der Waals surface area (Å²) in [7, 11) is -0.307. The van der Waals surface area contributed by atoms with E-state index in [0.29, 0.717) is 18.2 Å². The fourth-order valence-corrected chi connectivity index (χ4v) is 4.93. The molecule has 7 nitrogen and oxygen atoms in total. The van der Waals surface area contributed by atoms with Gasteiger partial charge in [0, 0.05) is 32.9 Å². The van der Waals surface area contributed by atoms with Crippen LogP contribution in [0.15, 0.2) is 28.3 Å². The molecule has 0 spiro atoms. The number of nitrogens with one attached hydrogen (secondary N) is 1. The second kappa shape index (κ2) is 10.2. The normalized spacial score (nSPS) is 16.0. The van der Waals surface area contributed by atoms with Crippen LogP contribution >= 0.6 is 11.8 Å². The van der Waals surface area contributed by atoms with Gasteiger partial charge in [-0.2, -0.15) is 4.31 Å². The van der Waals surface area contributed by atoms with Crippen molar-refractivity contribution in [3.63, 3.8) is 0 Å². The molecule has 0 radical (unpaired) electrons. The van der Waals surface area contributed by atoms with E-state index in [0.717, 1.165) is 25.7 Å². The first kappa shape index (κ1) is 21.1. The third-order valence-electron chi connectivity index (χ3n) is 4.45. The van der Waals surface area contributed by atoms with Crippen molar-refractivity contribution in [2.75, 3.05) is 33.1 Å². The highest BCUT2D eigenvalue weighted by Crippen LogP contribution is 2.26. The quantitative estimate of drug-likeness (QED) is 0.502. The average Bonchev–Trinajstić information content (AvgIpc) is 2.67. The molecule has 0 saturated heterocycles. The van der Waals surface area contributed by atoms with Crippen LogP contribution in [0.3, 0.4) is 0 Å². The lowest BCUT2D eigenvalue weighted by molar-refractivity contribution is -0.118. The van der Waals surface area contributed by atoms with Gasteiger partial charge in [-0.15, -0.1) is 0 Å². The Kier molecular flexibility index (Phi) is 8.33. The molecule has 146 valence electrons. The number of hydrogen-bond donors (Lipinski definition) is 1. The maximum absolute atomic E-state index is 12.8. The van der Waals surface area contributed by atoms with Crippen LogP contribution in [-0.2, 0) is 19.6 Å². The minimum absolute atomic E-state index is 0.0681. The van der Waals surface area contributed by atoms with Gasteiger partial charge < -0.3 is 10.1 Å². The van der Waals surface area contributed by atoms with Gasteiger partial charge in [0.05, 0.1) is 17.4 Å². The van der Waals surface area contributed by atoms with Crippen molar-refractivity contribution in [3.05, 3.63) is 18.3 Å². The second-order valence-electron chi connectivity index (χ2n) is 6.28. The molecule has 1 N–H and O–H groups in total. The number of pyridine rings is 1. The van der Waals surface area contributed by atoms with Crippen LogP contribution in [0.2, 0.25) is 0 Å². The van der Waals surface area contributed by atoms with Crippen molar-refractivity contribution in [2.24, 2.45) is 0 Å². The van der Waals surface area contributed by atoms with Crippen molar-refractivity contribution in [1.29, 1.82) is 0 Å². The van der Waals surface area contributed by atoms with E-state index in [9.17, 15) is 13.2 Å². The van der Waals surface area contributed by atoms with Crippen molar-refractivity contribution in [1.82, 2.24) is 14.6 Å². The van der Waals surface area contributed by atoms with Crippen LogP contribution in [-0.4, -0.2) is 62.7 Å². The molecule has 0 unspecified atom stereocenters. The van der Waals surface area contributed by atoms with Gasteiger partial charge in [0.2, 0.25) is 15.9 Å². The number of amides is 1. The van der Waals surface area contributed by atoms with E-state index in [2.05, 4.69) is 10.3 Å². The van der Waals surface area contributed by atoms with Crippen LogP contribution in [0.5, 0.6) is 0 Å². The first-order chi connectivity index (χ1) is 12.4. The predicted molar refractivity (Wildman–Crippen MR) is 102 cm³/mol. The predicted octanol–water partition coefficient (Wildman–Crippen LogP) is 1.89. The molecule has 1 heterocycles. The Labute approximate surface area is 159 Å². The molecule has 1 saturated carbocycles. The molecule has 1 aromatic heterocycles. The number of carbonyl (C=O) groups is 1. The van der Waals surface area contributed by atoms with Gasteiger partial charge >= 0.3 is 0 Å². The van der Waals surface area contributed by atoms with Crippen molar-refractivity contribution in [3.8, 4) is 0 Å². The maximum atomic E-state index is 12.8. The van der Waals surface area contributed by atoms with Crippen molar-refractivity contribution >= 4 is 27.7 Å². The monoisotopic (exact) mass is 401 g/mol. The molecule has 1 aliphatic carbocycles. The van der Waals surface area contributed by atoms with Gasteiger partial charge in [-0.05, 0) is 25.0 Å². The number of rotatable bonds is 9. The van der Waals surface area contributed by atoms with Crippen LogP contribution in [0.4, 0.5) is 0 Å². The molecule has 1 aromatic rings. The Balaban J connectivity index is 1.92. The highest BCUT2D eigenvalue weighted by Gasteiger charge is 2.29. The van der Waals surface area contributed by atoms with E-state index >= 15 is 0 Å². The Hall–Kier alpha value is -1.16. The first-order valence-electron chi connectivity index (χ1n) is 8.77. The van der Waals surface area contributed by atoms with E-state index in [1.165, 1.54) is 28.7 Å². The molecular weight excluding hydrogens is 374 g/mol. The third-order valence-corrected chi connectivity index (χ3v) is 7.29. The number of nitrogens with zero attached hydrogens (tertiary/aromatic N) is 2. The third kappa shape index (κ3) is 5.94. The lowest BCUT2D eigenvalue weighted by Gasteiger charge is -2.30. The van der Waals surface area contributed by atoms with E-state index in [-0.39, 0.29) is 22.6 Å². The Bertz CT molecular complexity index is 674. The van der Waals surface area contributed by atoms with Gasteiger partial charge in [-0.1, -0.05) is 31.0 Å². The summed E-state index contributed by atoms with van der Waals surface area (Å²) in [6, 6.07) is 3.28. The molecule has 2 rings (SSSR count). The zero-order valence-corrected chi connectivity index (χ0v) is 16.9. The number of sulfonamides is 1. The van der Waals surface area contributed by atoms with Gasteiger partial charge in [0.15, 0.2) is 0 Å². The highest BCUT2D eigenvalue weighted by molar-refractivity contribution is 7.99. The molecule has 9 heteroatoms. The molecule has 1 fully saturated rings. The summed E-state index contributed by atoms with van der Waals surface area (Å²) in [5, 5.41) is 3.34. The number of thioether (sulfide) groups is 1. The largest absolute Gasteiger partial charge is 0.383 e. The van der Waals surface area contributed by atoms with Crippen LogP contribution in [0, 0.1) is 0 Å². The fraction of sp³-hybridized carbons (Fsp3) is 0.647. The van der Waals surface area contributed by atoms with Gasteiger partial charge in [0.1, 0.15) is 4.90 Å². The standard InChI is InChI=1S/C17H27N3O4S2/c1-20(14-6-4-3-5-7-14)26(22,23)15-8-9-17(19-12-15)25-13-16(21)18-10-11-24-2/h8-9,12,14H,3-7,10-11,13H2,1-2H3,(H,18,21). The average molecular weight is 402 g/mol.